The largest absolute Gasteiger partial charge is 0.573 e. The Morgan fingerprint density at radius 3 is 2.55 bits per heavy atom. The molecule has 0 aliphatic heterocycles. The third-order valence-electron chi connectivity index (χ3n) is 2.78. The van der Waals surface area contributed by atoms with Crippen molar-refractivity contribution in [3.05, 3.63) is 30.5 Å². The van der Waals surface area contributed by atoms with Gasteiger partial charge in [0.1, 0.15) is 5.75 Å². The lowest BCUT2D eigenvalue weighted by molar-refractivity contribution is -0.274. The molecule has 0 bridgehead atoms. The molecule has 114 valence electrons. The Morgan fingerprint density at radius 2 is 1.91 bits per heavy atom. The SMILES string of the molecule is Nc1cc(-c2ccc(OC(F)(F)F)cn2)c2nc(N)sc2c1. The highest BCUT2D eigenvalue weighted by atomic mass is 32.1. The van der Waals surface area contributed by atoms with Gasteiger partial charge < -0.3 is 16.2 Å². The molecule has 22 heavy (non-hydrogen) atoms. The Morgan fingerprint density at radius 1 is 1.14 bits per heavy atom. The van der Waals surface area contributed by atoms with E-state index in [4.69, 9.17) is 11.5 Å². The normalized spacial score (nSPS) is 11.8. The van der Waals surface area contributed by atoms with Crippen LogP contribution in [0.5, 0.6) is 5.75 Å². The lowest BCUT2D eigenvalue weighted by Crippen LogP contribution is -2.17. The van der Waals surface area contributed by atoms with Crippen LogP contribution in [0.3, 0.4) is 0 Å². The fourth-order valence-electron chi connectivity index (χ4n) is 2.00. The molecular weight excluding hydrogens is 317 g/mol. The number of hydrogen-bond acceptors (Lipinski definition) is 6. The van der Waals surface area contributed by atoms with Gasteiger partial charge in [0.25, 0.3) is 0 Å². The summed E-state index contributed by atoms with van der Waals surface area (Å²) in [7, 11) is 0. The van der Waals surface area contributed by atoms with Gasteiger partial charge in [0.15, 0.2) is 5.13 Å². The van der Waals surface area contributed by atoms with Gasteiger partial charge in [-0.3, -0.25) is 4.98 Å². The number of fused-ring (bicyclic) bond motifs is 1. The number of anilines is 2. The van der Waals surface area contributed by atoms with Gasteiger partial charge in [-0.25, -0.2) is 4.98 Å². The van der Waals surface area contributed by atoms with Gasteiger partial charge in [-0.05, 0) is 24.3 Å². The Hall–Kier alpha value is -2.55. The minimum atomic E-state index is -4.75. The molecular formula is C13H9F3N4OS. The predicted octanol–water partition coefficient (Wildman–Crippen LogP) is 3.42. The fourth-order valence-corrected chi connectivity index (χ4v) is 2.81. The minimum absolute atomic E-state index is 0.374. The molecule has 0 saturated heterocycles. The van der Waals surface area contributed by atoms with Gasteiger partial charge in [0.2, 0.25) is 0 Å². The van der Waals surface area contributed by atoms with E-state index < -0.39 is 12.1 Å². The Labute approximate surface area is 126 Å². The lowest BCUT2D eigenvalue weighted by atomic mass is 10.1. The molecule has 2 aromatic heterocycles. The number of nitrogens with two attached hydrogens (primary N) is 2. The molecule has 0 fully saturated rings. The Kier molecular flexibility index (Phi) is 3.28. The zero-order chi connectivity index (χ0) is 15.9. The number of halogens is 3. The first-order valence-corrected chi connectivity index (χ1v) is 6.81. The van der Waals surface area contributed by atoms with Crippen molar-refractivity contribution in [1.82, 2.24) is 9.97 Å². The van der Waals surface area contributed by atoms with E-state index in [9.17, 15) is 13.2 Å². The number of nitrogens with zero attached hydrogens (tertiary/aromatic N) is 2. The summed E-state index contributed by atoms with van der Waals surface area (Å²) in [5.41, 5.74) is 13.6. The fraction of sp³-hybridized carbons (Fsp3) is 0.0769. The third kappa shape index (κ3) is 2.89. The molecule has 3 rings (SSSR count). The number of aromatic nitrogens is 2. The van der Waals surface area contributed by atoms with E-state index in [2.05, 4.69) is 14.7 Å². The van der Waals surface area contributed by atoms with Crippen LogP contribution < -0.4 is 16.2 Å². The van der Waals surface area contributed by atoms with Crippen molar-refractivity contribution in [2.75, 3.05) is 11.5 Å². The first kappa shape index (κ1) is 14.4. The molecule has 4 N–H and O–H groups in total. The summed E-state index contributed by atoms with van der Waals surface area (Å²) in [6.45, 7) is 0. The van der Waals surface area contributed by atoms with Crippen molar-refractivity contribution in [3.8, 4) is 17.0 Å². The highest BCUT2D eigenvalue weighted by Crippen LogP contribution is 2.34. The van der Waals surface area contributed by atoms with Crippen molar-refractivity contribution in [2.24, 2.45) is 0 Å². The number of hydrogen-bond donors (Lipinski definition) is 2. The third-order valence-corrected chi connectivity index (χ3v) is 3.61. The van der Waals surface area contributed by atoms with Crippen LogP contribution in [0.4, 0.5) is 24.0 Å². The first-order valence-electron chi connectivity index (χ1n) is 5.99. The summed E-state index contributed by atoms with van der Waals surface area (Å²) in [4.78, 5) is 8.18. The zero-order valence-corrected chi connectivity index (χ0v) is 11.7. The van der Waals surface area contributed by atoms with E-state index in [0.29, 0.717) is 27.6 Å². The van der Waals surface area contributed by atoms with Crippen LogP contribution >= 0.6 is 11.3 Å². The standard InChI is InChI=1S/C13H9F3N4OS/c14-13(15,16)21-7-1-2-9(19-5-7)8-3-6(17)4-10-11(8)20-12(18)22-10/h1-5H,17H2,(H2,18,20). The summed E-state index contributed by atoms with van der Waals surface area (Å²) < 4.78 is 41.0. The molecule has 2 heterocycles. The van der Waals surface area contributed by atoms with Crippen LogP contribution in [0.25, 0.3) is 21.5 Å². The molecule has 0 radical (unpaired) electrons. The van der Waals surface area contributed by atoms with E-state index >= 15 is 0 Å². The molecule has 1 aromatic carbocycles. The molecule has 0 saturated carbocycles. The number of thiazole rings is 1. The van der Waals surface area contributed by atoms with Crippen molar-refractivity contribution < 1.29 is 17.9 Å². The molecule has 0 atom stereocenters. The second-order valence-electron chi connectivity index (χ2n) is 4.39. The zero-order valence-electron chi connectivity index (χ0n) is 10.9. The molecule has 0 spiro atoms. The van der Waals surface area contributed by atoms with Gasteiger partial charge in [-0.15, -0.1) is 13.2 Å². The van der Waals surface area contributed by atoms with Crippen molar-refractivity contribution in [2.45, 2.75) is 6.36 Å². The summed E-state index contributed by atoms with van der Waals surface area (Å²) >= 11 is 1.27. The second-order valence-corrected chi connectivity index (χ2v) is 5.46. The summed E-state index contributed by atoms with van der Waals surface area (Å²) in [5.74, 6) is -0.394. The van der Waals surface area contributed by atoms with Gasteiger partial charge in [-0.1, -0.05) is 11.3 Å². The van der Waals surface area contributed by atoms with Gasteiger partial charge in [-0.2, -0.15) is 0 Å². The Bertz CT molecular complexity index is 830. The average molecular weight is 326 g/mol. The van der Waals surface area contributed by atoms with Crippen LogP contribution in [0.1, 0.15) is 0 Å². The number of pyridine rings is 1. The topological polar surface area (TPSA) is 87.0 Å². The van der Waals surface area contributed by atoms with Gasteiger partial charge in [0, 0.05) is 11.3 Å². The van der Waals surface area contributed by atoms with Crippen LogP contribution in [0.15, 0.2) is 30.5 Å². The Balaban J connectivity index is 2.04. The minimum Gasteiger partial charge on any atom is -0.404 e. The number of alkyl halides is 3. The average Bonchev–Trinajstić information content (AvgIpc) is 2.77. The summed E-state index contributed by atoms with van der Waals surface area (Å²) in [6.07, 6.45) is -3.76. The van der Waals surface area contributed by atoms with Gasteiger partial charge >= 0.3 is 6.36 Å². The van der Waals surface area contributed by atoms with Crippen LogP contribution in [0.2, 0.25) is 0 Å². The van der Waals surface area contributed by atoms with E-state index in [1.807, 2.05) is 0 Å². The molecule has 3 aromatic rings. The van der Waals surface area contributed by atoms with Crippen LogP contribution in [-0.4, -0.2) is 16.3 Å². The smallest absolute Gasteiger partial charge is 0.404 e. The highest BCUT2D eigenvalue weighted by molar-refractivity contribution is 7.22. The van der Waals surface area contributed by atoms with Crippen molar-refractivity contribution in [1.29, 1.82) is 0 Å². The quantitative estimate of drug-likeness (QED) is 0.705. The summed E-state index contributed by atoms with van der Waals surface area (Å²) in [6, 6.07) is 5.97. The number of rotatable bonds is 2. The van der Waals surface area contributed by atoms with Crippen molar-refractivity contribution >= 4 is 32.4 Å². The maximum absolute atomic E-state index is 12.1. The predicted molar refractivity (Wildman–Crippen MR) is 78.4 cm³/mol. The van der Waals surface area contributed by atoms with E-state index in [0.717, 1.165) is 10.9 Å². The first-order chi connectivity index (χ1) is 10.3. The number of nitrogen functional groups attached to an aromatic ring is 2. The number of ether oxygens (including phenoxy) is 1. The highest BCUT2D eigenvalue weighted by Gasteiger charge is 2.31. The van der Waals surface area contributed by atoms with E-state index in [1.165, 1.54) is 23.5 Å². The van der Waals surface area contributed by atoms with Gasteiger partial charge in [0.05, 0.1) is 22.1 Å². The second kappa shape index (κ2) is 5.02. The van der Waals surface area contributed by atoms with Crippen LogP contribution in [0, 0.1) is 0 Å². The summed E-state index contributed by atoms with van der Waals surface area (Å²) in [5, 5.41) is 0.374. The molecule has 5 nitrogen and oxygen atoms in total. The van der Waals surface area contributed by atoms with E-state index in [1.54, 1.807) is 12.1 Å². The molecule has 0 aliphatic rings. The molecule has 9 heteroatoms. The number of benzene rings is 1. The maximum Gasteiger partial charge on any atom is 0.573 e. The van der Waals surface area contributed by atoms with E-state index in [-0.39, 0.29) is 0 Å². The molecule has 0 unspecified atom stereocenters. The maximum atomic E-state index is 12.1. The lowest BCUT2D eigenvalue weighted by Gasteiger charge is -2.09. The van der Waals surface area contributed by atoms with Crippen molar-refractivity contribution in [3.63, 3.8) is 0 Å². The molecule has 0 aliphatic carbocycles. The monoisotopic (exact) mass is 326 g/mol. The van der Waals surface area contributed by atoms with Crippen LogP contribution in [-0.2, 0) is 0 Å². The molecule has 0 amide bonds.